The van der Waals surface area contributed by atoms with E-state index in [4.69, 9.17) is 16.1 Å². The van der Waals surface area contributed by atoms with Gasteiger partial charge in [-0.05, 0) is 50.8 Å². The molecule has 186 valence electrons. The number of rotatable bonds is 8. The SMILES string of the molecule is C[N+](C)(C)CCCCCN1C(=O)[C@@H]2[C@H](C1=O)[C@H](c1cc(-c3ccc(Cl)s3)on1)N1CCC[C@@H]21.[Br-]. The molecule has 5 heterocycles. The molecule has 4 atom stereocenters. The Morgan fingerprint density at radius 2 is 1.91 bits per heavy atom. The minimum Gasteiger partial charge on any atom is -1.00 e. The Kier molecular flexibility index (Phi) is 7.60. The molecule has 0 spiro atoms. The molecule has 10 heteroatoms. The molecule has 0 radical (unpaired) electrons. The Balaban J connectivity index is 0.00000274. The summed E-state index contributed by atoms with van der Waals surface area (Å²) in [6.07, 6.45) is 4.99. The highest BCUT2D eigenvalue weighted by atomic mass is 79.9. The van der Waals surface area contributed by atoms with Gasteiger partial charge in [-0.3, -0.25) is 19.4 Å². The fraction of sp³-hybridized carbons (Fsp3) is 0.625. The van der Waals surface area contributed by atoms with Crippen LogP contribution in [0.25, 0.3) is 10.6 Å². The van der Waals surface area contributed by atoms with Crippen molar-refractivity contribution >= 4 is 34.8 Å². The van der Waals surface area contributed by atoms with Crippen LogP contribution in [0.4, 0.5) is 0 Å². The molecule has 3 saturated heterocycles. The van der Waals surface area contributed by atoms with Crippen LogP contribution in [0, 0.1) is 11.8 Å². The normalized spacial score (nSPS) is 26.8. The monoisotopic (exact) mass is 570 g/mol. The second kappa shape index (κ2) is 10.0. The largest absolute Gasteiger partial charge is 1.00 e. The van der Waals surface area contributed by atoms with E-state index in [-0.39, 0.29) is 52.7 Å². The zero-order chi connectivity index (χ0) is 23.3. The molecule has 7 nitrogen and oxygen atoms in total. The van der Waals surface area contributed by atoms with Crippen LogP contribution in [0.5, 0.6) is 0 Å². The van der Waals surface area contributed by atoms with Gasteiger partial charge in [-0.1, -0.05) is 16.8 Å². The molecule has 3 fully saturated rings. The molecule has 3 aliphatic rings. The number of likely N-dealkylation sites (tertiary alicyclic amines) is 1. The number of imide groups is 1. The van der Waals surface area contributed by atoms with E-state index in [9.17, 15) is 9.59 Å². The van der Waals surface area contributed by atoms with Gasteiger partial charge in [0, 0.05) is 18.7 Å². The summed E-state index contributed by atoms with van der Waals surface area (Å²) in [5, 5.41) is 4.36. The molecule has 34 heavy (non-hydrogen) atoms. The lowest BCUT2D eigenvalue weighted by molar-refractivity contribution is -0.870. The minimum absolute atomic E-state index is 0. The van der Waals surface area contributed by atoms with Crippen LogP contribution in [0.2, 0.25) is 4.34 Å². The maximum Gasteiger partial charge on any atom is 0.235 e. The third-order valence-corrected chi connectivity index (χ3v) is 8.55. The van der Waals surface area contributed by atoms with Gasteiger partial charge >= 0.3 is 0 Å². The molecular weight excluding hydrogens is 540 g/mol. The standard InChI is InChI=1S/C24H32ClN4O3S.BrH/c1-29(2,3)13-6-4-5-11-28-23(30)20-16-8-7-12-27(16)22(21(20)24(28)31)15-14-17(32-26-15)18-9-10-19(25)33-18;/h9-10,14,16,20-22H,4-8,11-13H2,1-3H3;1H/q+1;/p-1/t16-,20-,21-,22-;/m0./s1. The fourth-order valence-corrected chi connectivity index (χ4v) is 6.85. The van der Waals surface area contributed by atoms with Gasteiger partial charge in [-0.15, -0.1) is 11.3 Å². The van der Waals surface area contributed by atoms with Crippen molar-refractivity contribution in [1.82, 2.24) is 15.0 Å². The number of quaternary nitrogens is 1. The molecule has 2 amide bonds. The maximum absolute atomic E-state index is 13.5. The van der Waals surface area contributed by atoms with Gasteiger partial charge in [0.25, 0.3) is 0 Å². The Morgan fingerprint density at radius 1 is 1.15 bits per heavy atom. The van der Waals surface area contributed by atoms with Crippen molar-refractivity contribution in [2.45, 2.75) is 44.2 Å². The number of amides is 2. The van der Waals surface area contributed by atoms with Crippen molar-refractivity contribution in [3.05, 3.63) is 28.2 Å². The Labute approximate surface area is 220 Å². The third kappa shape index (κ3) is 4.74. The average Bonchev–Trinajstić information content (AvgIpc) is 3.53. The van der Waals surface area contributed by atoms with Crippen LogP contribution in [0.3, 0.4) is 0 Å². The summed E-state index contributed by atoms with van der Waals surface area (Å²) in [5.74, 6) is 0.0305. The minimum atomic E-state index is -0.362. The summed E-state index contributed by atoms with van der Waals surface area (Å²) >= 11 is 7.52. The Hall–Kier alpha value is -1.26. The lowest BCUT2D eigenvalue weighted by Gasteiger charge is -2.27. The van der Waals surface area contributed by atoms with Gasteiger partial charge < -0.3 is 26.0 Å². The lowest BCUT2D eigenvalue weighted by Crippen LogP contribution is -3.00. The highest BCUT2D eigenvalue weighted by Crippen LogP contribution is 2.53. The lowest BCUT2D eigenvalue weighted by atomic mass is 9.86. The van der Waals surface area contributed by atoms with Crippen molar-refractivity contribution in [3.63, 3.8) is 0 Å². The number of hydrogen-bond donors (Lipinski definition) is 0. The summed E-state index contributed by atoms with van der Waals surface area (Å²) in [5.41, 5.74) is 0.750. The molecule has 0 unspecified atom stereocenters. The number of hydrogen-bond acceptors (Lipinski definition) is 6. The number of thiophene rings is 1. The molecular formula is C24H32BrClN4O3S. The number of halogens is 2. The van der Waals surface area contributed by atoms with Crippen molar-refractivity contribution in [3.8, 4) is 10.6 Å². The highest BCUT2D eigenvalue weighted by molar-refractivity contribution is 7.19. The highest BCUT2D eigenvalue weighted by Gasteiger charge is 2.63. The Morgan fingerprint density at radius 3 is 2.62 bits per heavy atom. The van der Waals surface area contributed by atoms with Crippen LogP contribution < -0.4 is 17.0 Å². The van der Waals surface area contributed by atoms with E-state index in [0.717, 1.165) is 60.2 Å². The number of carbonyl (C=O) groups is 2. The molecule has 0 aromatic carbocycles. The first-order valence-corrected chi connectivity index (χ1v) is 13.1. The first-order chi connectivity index (χ1) is 15.7. The van der Waals surface area contributed by atoms with Crippen molar-refractivity contribution < 1.29 is 35.6 Å². The maximum atomic E-state index is 13.5. The predicted molar refractivity (Wildman–Crippen MR) is 128 cm³/mol. The van der Waals surface area contributed by atoms with E-state index in [1.807, 2.05) is 18.2 Å². The van der Waals surface area contributed by atoms with Gasteiger partial charge in [0.1, 0.15) is 5.69 Å². The first-order valence-electron chi connectivity index (χ1n) is 11.9. The quantitative estimate of drug-likeness (QED) is 0.269. The fourth-order valence-electron chi connectivity index (χ4n) is 5.86. The number of carbonyl (C=O) groups excluding carboxylic acids is 2. The molecule has 5 rings (SSSR count). The number of nitrogens with zero attached hydrogens (tertiary/aromatic N) is 4. The van der Waals surface area contributed by atoms with Gasteiger partial charge in [-0.25, -0.2) is 0 Å². The third-order valence-electron chi connectivity index (χ3n) is 7.30. The summed E-state index contributed by atoms with van der Waals surface area (Å²) in [4.78, 5) is 31.7. The number of aromatic nitrogens is 1. The van der Waals surface area contributed by atoms with Crippen molar-refractivity contribution in [2.24, 2.45) is 11.8 Å². The predicted octanol–water partition coefficient (Wildman–Crippen LogP) is 1.06. The zero-order valence-corrected chi connectivity index (χ0v) is 23.0. The molecule has 0 aliphatic carbocycles. The van der Waals surface area contributed by atoms with Crippen LogP contribution in [-0.4, -0.2) is 78.1 Å². The molecule has 3 aliphatic heterocycles. The number of unbranched alkanes of at least 4 members (excludes halogenated alkanes) is 2. The second-order valence-electron chi connectivity index (χ2n) is 10.6. The molecule has 0 N–H and O–H groups in total. The summed E-state index contributed by atoms with van der Waals surface area (Å²) in [6.45, 7) is 2.51. The van der Waals surface area contributed by atoms with E-state index >= 15 is 0 Å². The molecule has 0 saturated carbocycles. The van der Waals surface area contributed by atoms with E-state index in [1.54, 1.807) is 4.90 Å². The summed E-state index contributed by atoms with van der Waals surface area (Å²) in [6, 6.07) is 5.60. The van der Waals surface area contributed by atoms with Crippen LogP contribution in [0.15, 0.2) is 22.7 Å². The number of fused-ring (bicyclic) bond motifs is 3. The van der Waals surface area contributed by atoms with Gasteiger partial charge in [0.05, 0.1) is 54.8 Å². The zero-order valence-electron chi connectivity index (χ0n) is 19.9. The molecule has 0 bridgehead atoms. The van der Waals surface area contributed by atoms with E-state index < -0.39 is 0 Å². The average molecular weight is 572 g/mol. The first kappa shape index (κ1) is 25.8. The molecule has 2 aromatic heterocycles. The van der Waals surface area contributed by atoms with Crippen molar-refractivity contribution in [1.29, 1.82) is 0 Å². The topological polar surface area (TPSA) is 66.7 Å². The van der Waals surface area contributed by atoms with Gasteiger partial charge in [0.2, 0.25) is 11.8 Å². The molecule has 2 aromatic rings. The Bertz CT molecular complexity index is 1050. The smallest absolute Gasteiger partial charge is 0.235 e. The van der Waals surface area contributed by atoms with E-state index in [1.165, 1.54) is 11.3 Å². The van der Waals surface area contributed by atoms with Crippen LogP contribution in [-0.2, 0) is 9.59 Å². The second-order valence-corrected chi connectivity index (χ2v) is 12.3. The summed E-state index contributed by atoms with van der Waals surface area (Å²) < 4.78 is 7.27. The van der Waals surface area contributed by atoms with Gasteiger partial charge in [0.15, 0.2) is 5.76 Å². The van der Waals surface area contributed by atoms with Gasteiger partial charge in [-0.2, -0.15) is 0 Å². The summed E-state index contributed by atoms with van der Waals surface area (Å²) in [7, 11) is 6.56. The van der Waals surface area contributed by atoms with E-state index in [0.29, 0.717) is 16.6 Å². The van der Waals surface area contributed by atoms with Crippen LogP contribution in [0.1, 0.15) is 43.8 Å². The van der Waals surface area contributed by atoms with Crippen molar-refractivity contribution in [2.75, 3.05) is 40.8 Å². The van der Waals surface area contributed by atoms with Crippen LogP contribution >= 0.6 is 22.9 Å². The van der Waals surface area contributed by atoms with E-state index in [2.05, 4.69) is 31.2 Å².